The largest absolute Gasteiger partial charge is 0.421 e. The molecule has 8 heteroatoms. The predicted molar refractivity (Wildman–Crippen MR) is 85.4 cm³/mol. The Morgan fingerprint density at radius 2 is 1.96 bits per heavy atom. The second-order valence-electron chi connectivity index (χ2n) is 5.71. The molecule has 24 heavy (non-hydrogen) atoms. The lowest BCUT2D eigenvalue weighted by molar-refractivity contribution is 0.102. The number of nitrogens with one attached hydrogen (secondary N) is 1. The standard InChI is InChI=1S/C16H16N6O2/c1-10-18-20-15(24-10)12-7-5-11(6-8-12)14(23)17-16-21-19-13-4-2-3-9-22(13)16/h5-8H,2-4,9H2,1H3,(H,17,21,23). The Morgan fingerprint density at radius 3 is 2.71 bits per heavy atom. The highest BCUT2D eigenvalue weighted by Crippen LogP contribution is 2.20. The number of carbonyl (C=O) groups excluding carboxylic acids is 1. The van der Waals surface area contributed by atoms with Crippen molar-refractivity contribution >= 4 is 11.9 Å². The van der Waals surface area contributed by atoms with Crippen LogP contribution in [0.25, 0.3) is 11.5 Å². The SMILES string of the molecule is Cc1nnc(-c2ccc(C(=O)Nc3nnc4n3CCCC4)cc2)o1. The third-order valence-electron chi connectivity index (χ3n) is 4.00. The Hall–Kier alpha value is -3.03. The van der Waals surface area contributed by atoms with Crippen LogP contribution < -0.4 is 5.32 Å². The molecule has 0 spiro atoms. The lowest BCUT2D eigenvalue weighted by atomic mass is 10.1. The molecule has 3 heterocycles. The fraction of sp³-hybridized carbons (Fsp3) is 0.312. The molecule has 1 aromatic carbocycles. The van der Waals surface area contributed by atoms with E-state index in [0.717, 1.165) is 37.2 Å². The van der Waals surface area contributed by atoms with Gasteiger partial charge in [0.25, 0.3) is 5.91 Å². The van der Waals surface area contributed by atoms with Gasteiger partial charge < -0.3 is 4.42 Å². The van der Waals surface area contributed by atoms with Gasteiger partial charge in [-0.2, -0.15) is 0 Å². The minimum atomic E-state index is -0.218. The van der Waals surface area contributed by atoms with Gasteiger partial charge in [0.15, 0.2) is 0 Å². The fourth-order valence-corrected chi connectivity index (χ4v) is 2.75. The summed E-state index contributed by atoms with van der Waals surface area (Å²) in [7, 11) is 0. The van der Waals surface area contributed by atoms with E-state index in [1.165, 1.54) is 0 Å². The second kappa shape index (κ2) is 5.88. The van der Waals surface area contributed by atoms with Crippen molar-refractivity contribution in [2.45, 2.75) is 32.7 Å². The molecule has 0 aliphatic carbocycles. The van der Waals surface area contributed by atoms with Crippen molar-refractivity contribution < 1.29 is 9.21 Å². The average molecular weight is 324 g/mol. The minimum absolute atomic E-state index is 0.218. The van der Waals surface area contributed by atoms with Gasteiger partial charge >= 0.3 is 0 Å². The van der Waals surface area contributed by atoms with Crippen LogP contribution in [0.2, 0.25) is 0 Å². The first-order valence-electron chi connectivity index (χ1n) is 7.85. The van der Waals surface area contributed by atoms with Crippen LogP contribution in [0, 0.1) is 6.92 Å². The zero-order valence-corrected chi connectivity index (χ0v) is 13.2. The highest BCUT2D eigenvalue weighted by molar-refractivity contribution is 6.03. The summed E-state index contributed by atoms with van der Waals surface area (Å²) in [6.07, 6.45) is 3.09. The fourth-order valence-electron chi connectivity index (χ4n) is 2.75. The van der Waals surface area contributed by atoms with Crippen molar-refractivity contribution in [2.75, 3.05) is 5.32 Å². The number of nitrogens with zero attached hydrogens (tertiary/aromatic N) is 5. The van der Waals surface area contributed by atoms with Crippen molar-refractivity contribution in [3.63, 3.8) is 0 Å². The molecule has 2 aromatic heterocycles. The number of benzene rings is 1. The van der Waals surface area contributed by atoms with Crippen molar-refractivity contribution in [1.82, 2.24) is 25.0 Å². The van der Waals surface area contributed by atoms with Gasteiger partial charge in [-0.15, -0.1) is 20.4 Å². The molecule has 1 N–H and O–H groups in total. The summed E-state index contributed by atoms with van der Waals surface area (Å²) in [4.78, 5) is 12.4. The number of carbonyl (C=O) groups is 1. The molecular formula is C16H16N6O2. The molecular weight excluding hydrogens is 308 g/mol. The van der Waals surface area contributed by atoms with Gasteiger partial charge in [-0.3, -0.25) is 14.7 Å². The molecule has 4 rings (SSSR count). The van der Waals surface area contributed by atoms with Gasteiger partial charge in [0.2, 0.25) is 17.7 Å². The Labute approximate surface area is 137 Å². The maximum atomic E-state index is 12.4. The molecule has 0 bridgehead atoms. The van der Waals surface area contributed by atoms with E-state index in [1.807, 2.05) is 4.57 Å². The van der Waals surface area contributed by atoms with E-state index in [-0.39, 0.29) is 5.91 Å². The molecule has 122 valence electrons. The normalized spacial score (nSPS) is 13.5. The first kappa shape index (κ1) is 14.6. The first-order valence-corrected chi connectivity index (χ1v) is 7.85. The number of amides is 1. The van der Waals surface area contributed by atoms with Crippen LogP contribution in [0.4, 0.5) is 5.95 Å². The van der Waals surface area contributed by atoms with E-state index in [9.17, 15) is 4.79 Å². The molecule has 3 aromatic rings. The van der Waals surface area contributed by atoms with E-state index in [1.54, 1.807) is 31.2 Å². The number of aromatic nitrogens is 5. The van der Waals surface area contributed by atoms with Crippen LogP contribution in [-0.2, 0) is 13.0 Å². The lowest BCUT2D eigenvalue weighted by Crippen LogP contribution is -2.18. The smallest absolute Gasteiger partial charge is 0.258 e. The molecule has 1 amide bonds. The molecule has 0 saturated carbocycles. The van der Waals surface area contributed by atoms with E-state index in [4.69, 9.17) is 4.42 Å². The van der Waals surface area contributed by atoms with Gasteiger partial charge in [0.1, 0.15) is 5.82 Å². The number of anilines is 1. The Morgan fingerprint density at radius 1 is 1.12 bits per heavy atom. The number of hydrogen-bond donors (Lipinski definition) is 1. The molecule has 0 unspecified atom stereocenters. The molecule has 1 aliphatic rings. The Balaban J connectivity index is 1.51. The zero-order valence-electron chi connectivity index (χ0n) is 13.2. The monoisotopic (exact) mass is 324 g/mol. The topological polar surface area (TPSA) is 98.7 Å². The van der Waals surface area contributed by atoms with Gasteiger partial charge in [-0.05, 0) is 37.1 Å². The number of fused-ring (bicyclic) bond motifs is 1. The second-order valence-corrected chi connectivity index (χ2v) is 5.71. The highest BCUT2D eigenvalue weighted by Gasteiger charge is 2.18. The number of rotatable bonds is 3. The van der Waals surface area contributed by atoms with Crippen LogP contribution >= 0.6 is 0 Å². The molecule has 0 saturated heterocycles. The van der Waals surface area contributed by atoms with Crippen molar-refractivity contribution in [3.05, 3.63) is 41.5 Å². The van der Waals surface area contributed by atoms with Crippen molar-refractivity contribution in [3.8, 4) is 11.5 Å². The van der Waals surface area contributed by atoms with Crippen molar-refractivity contribution in [2.24, 2.45) is 0 Å². The maximum Gasteiger partial charge on any atom is 0.258 e. The number of hydrogen-bond acceptors (Lipinski definition) is 6. The highest BCUT2D eigenvalue weighted by atomic mass is 16.4. The molecule has 0 radical (unpaired) electrons. The van der Waals surface area contributed by atoms with Gasteiger partial charge in [0, 0.05) is 31.0 Å². The summed E-state index contributed by atoms with van der Waals surface area (Å²) in [5.41, 5.74) is 1.30. The van der Waals surface area contributed by atoms with Gasteiger partial charge in [-0.1, -0.05) is 0 Å². The summed E-state index contributed by atoms with van der Waals surface area (Å²) >= 11 is 0. The Bertz CT molecular complexity index is 880. The molecule has 0 atom stereocenters. The first-order chi connectivity index (χ1) is 11.7. The maximum absolute atomic E-state index is 12.4. The Kier molecular flexibility index (Phi) is 3.56. The average Bonchev–Trinajstić information content (AvgIpc) is 3.22. The lowest BCUT2D eigenvalue weighted by Gasteiger charge is -2.14. The zero-order chi connectivity index (χ0) is 16.5. The van der Waals surface area contributed by atoms with Crippen LogP contribution in [0.5, 0.6) is 0 Å². The summed E-state index contributed by atoms with van der Waals surface area (Å²) in [6.45, 7) is 2.57. The van der Waals surface area contributed by atoms with E-state index >= 15 is 0 Å². The number of aryl methyl sites for hydroxylation is 2. The quantitative estimate of drug-likeness (QED) is 0.793. The summed E-state index contributed by atoms with van der Waals surface area (Å²) in [6, 6.07) is 7.00. The van der Waals surface area contributed by atoms with Gasteiger partial charge in [-0.25, -0.2) is 0 Å². The predicted octanol–water partition coefficient (Wildman–Crippen LogP) is 2.23. The molecule has 1 aliphatic heterocycles. The third kappa shape index (κ3) is 2.66. The van der Waals surface area contributed by atoms with Crippen LogP contribution in [0.3, 0.4) is 0 Å². The minimum Gasteiger partial charge on any atom is -0.421 e. The van der Waals surface area contributed by atoms with Crippen molar-refractivity contribution in [1.29, 1.82) is 0 Å². The summed E-state index contributed by atoms with van der Waals surface area (Å²) < 4.78 is 7.34. The van der Waals surface area contributed by atoms with Gasteiger partial charge in [0.05, 0.1) is 0 Å². The van der Waals surface area contributed by atoms with Crippen LogP contribution in [0.15, 0.2) is 28.7 Å². The molecule has 0 fully saturated rings. The summed E-state index contributed by atoms with van der Waals surface area (Å²) in [5, 5.41) is 18.8. The van der Waals surface area contributed by atoms with E-state index in [2.05, 4.69) is 25.7 Å². The summed E-state index contributed by atoms with van der Waals surface area (Å²) in [5.74, 6) is 2.16. The van der Waals surface area contributed by atoms with Crippen LogP contribution in [0.1, 0.15) is 34.9 Å². The van der Waals surface area contributed by atoms with E-state index in [0.29, 0.717) is 23.3 Å². The third-order valence-corrected chi connectivity index (χ3v) is 4.00. The van der Waals surface area contributed by atoms with Crippen LogP contribution in [-0.4, -0.2) is 30.9 Å². The molecule has 8 nitrogen and oxygen atoms in total. The van der Waals surface area contributed by atoms with E-state index < -0.39 is 0 Å².